The Hall–Kier alpha value is -2.85. The third-order valence-electron chi connectivity index (χ3n) is 6.01. The van der Waals surface area contributed by atoms with Gasteiger partial charge in [-0.2, -0.15) is 0 Å². The van der Waals surface area contributed by atoms with E-state index in [1.54, 1.807) is 21.6 Å². The molecule has 1 aliphatic heterocycles. The van der Waals surface area contributed by atoms with Crippen LogP contribution in [-0.2, 0) is 4.79 Å². The lowest BCUT2D eigenvalue weighted by atomic mass is 10.0. The van der Waals surface area contributed by atoms with E-state index in [2.05, 4.69) is 42.2 Å². The van der Waals surface area contributed by atoms with Crippen molar-refractivity contribution in [3.05, 3.63) is 73.7 Å². The first kappa shape index (κ1) is 24.3. The van der Waals surface area contributed by atoms with Crippen molar-refractivity contribution in [2.75, 3.05) is 25.4 Å². The van der Waals surface area contributed by atoms with Gasteiger partial charge in [-0.1, -0.05) is 30.3 Å². The Labute approximate surface area is 213 Å². The van der Waals surface area contributed by atoms with Crippen molar-refractivity contribution in [2.45, 2.75) is 25.3 Å². The molecule has 0 atom stereocenters. The second kappa shape index (κ2) is 10.6. The lowest BCUT2D eigenvalue weighted by Gasteiger charge is -2.32. The molecule has 2 heterocycles. The van der Waals surface area contributed by atoms with Gasteiger partial charge in [0.1, 0.15) is 0 Å². The Morgan fingerprint density at radius 1 is 1.09 bits per heavy atom. The lowest BCUT2D eigenvalue weighted by Crippen LogP contribution is -2.41. The molecule has 178 valence electrons. The lowest BCUT2D eigenvalue weighted by molar-refractivity contribution is -0.132. The third kappa shape index (κ3) is 5.44. The van der Waals surface area contributed by atoms with Crippen LogP contribution in [0.2, 0.25) is 0 Å². The monoisotopic (exact) mass is 589 g/mol. The summed E-state index contributed by atoms with van der Waals surface area (Å²) >= 11 is 6.66. The van der Waals surface area contributed by atoms with Crippen molar-refractivity contribution in [1.82, 2.24) is 19.8 Å². The number of carbonyl (C=O) groups excluding carboxylic acids is 2. The molecule has 10 heteroatoms. The van der Waals surface area contributed by atoms with Gasteiger partial charge in [-0.25, -0.2) is 4.79 Å². The van der Waals surface area contributed by atoms with E-state index in [-0.39, 0.29) is 36.5 Å². The summed E-state index contributed by atoms with van der Waals surface area (Å²) in [5.41, 5.74) is 8.46. The van der Waals surface area contributed by atoms with Gasteiger partial charge < -0.3 is 20.9 Å². The number of piperidine rings is 1. The number of hydrogen-bond acceptors (Lipinski definition) is 4. The molecule has 8 nitrogen and oxygen atoms in total. The molecule has 2 amide bonds. The molecule has 0 unspecified atom stereocenters. The molecule has 0 spiro atoms. The predicted octanol–water partition coefficient (Wildman–Crippen LogP) is 3.93. The number of amides is 2. The molecule has 1 fully saturated rings. The Balaban J connectivity index is 1.27. The van der Waals surface area contributed by atoms with Gasteiger partial charge in [-0.05, 0) is 62.4 Å². The molecule has 34 heavy (non-hydrogen) atoms. The molecule has 4 rings (SSSR count). The average Bonchev–Trinajstić information content (AvgIpc) is 3.24. The number of rotatable bonds is 6. The molecular weight excluding hydrogens is 566 g/mol. The largest absolute Gasteiger partial charge is 0.397 e. The van der Waals surface area contributed by atoms with Gasteiger partial charge >= 0.3 is 5.69 Å². The smallest absolute Gasteiger partial charge is 0.326 e. The SMILES string of the molecule is Nc1c(Br)cc(C(=O)NCCC(=O)N2CCC(n3cc(-c4ccccc4)[nH]c3=O)CC2)cc1Br. The maximum atomic E-state index is 12.6. The first-order valence-corrected chi connectivity index (χ1v) is 12.6. The van der Waals surface area contributed by atoms with Crippen LogP contribution < -0.4 is 16.7 Å². The number of likely N-dealkylation sites (tertiary alicyclic amines) is 1. The second-order valence-corrected chi connectivity index (χ2v) is 9.93. The average molecular weight is 591 g/mol. The van der Waals surface area contributed by atoms with Crippen LogP contribution in [0, 0.1) is 0 Å². The maximum absolute atomic E-state index is 12.6. The summed E-state index contributed by atoms with van der Waals surface area (Å²) in [6, 6.07) is 13.1. The number of aromatic amines is 1. The fraction of sp³-hybridized carbons (Fsp3) is 0.292. The highest BCUT2D eigenvalue weighted by molar-refractivity contribution is 9.11. The highest BCUT2D eigenvalue weighted by atomic mass is 79.9. The van der Waals surface area contributed by atoms with E-state index in [1.807, 2.05) is 36.5 Å². The predicted molar refractivity (Wildman–Crippen MR) is 139 cm³/mol. The molecule has 0 aliphatic carbocycles. The van der Waals surface area contributed by atoms with E-state index in [1.165, 1.54) is 0 Å². The minimum atomic E-state index is -0.269. The van der Waals surface area contributed by atoms with Gasteiger partial charge in [0, 0.05) is 52.8 Å². The number of aromatic nitrogens is 2. The number of H-pyrrole nitrogens is 1. The minimum Gasteiger partial charge on any atom is -0.397 e. The molecule has 0 bridgehead atoms. The van der Waals surface area contributed by atoms with Crippen LogP contribution in [0.4, 0.5) is 5.69 Å². The van der Waals surface area contributed by atoms with Crippen molar-refractivity contribution >= 4 is 49.4 Å². The normalized spacial score (nSPS) is 14.2. The van der Waals surface area contributed by atoms with Crippen LogP contribution >= 0.6 is 31.9 Å². The van der Waals surface area contributed by atoms with Crippen molar-refractivity contribution in [3.63, 3.8) is 0 Å². The van der Waals surface area contributed by atoms with Gasteiger partial charge in [-0.15, -0.1) is 0 Å². The molecular formula is C24H25Br2N5O3. The van der Waals surface area contributed by atoms with E-state index in [0.717, 1.165) is 11.3 Å². The molecule has 0 saturated carbocycles. The van der Waals surface area contributed by atoms with Gasteiger partial charge in [0.15, 0.2) is 0 Å². The van der Waals surface area contributed by atoms with Crippen LogP contribution in [0.3, 0.4) is 0 Å². The van der Waals surface area contributed by atoms with Crippen LogP contribution in [-0.4, -0.2) is 45.9 Å². The standard InChI is InChI=1S/C24H25Br2N5O3/c25-18-12-16(13-19(26)22(18)27)23(33)28-9-6-21(32)30-10-7-17(8-11-30)31-14-20(29-24(31)34)15-4-2-1-3-5-15/h1-5,12-14,17H,6-11,27H2,(H,28,33)(H,29,34). The minimum absolute atomic E-state index is 0.00944. The van der Waals surface area contributed by atoms with Crippen LogP contribution in [0.15, 0.2) is 62.4 Å². The Morgan fingerprint density at radius 3 is 2.38 bits per heavy atom. The number of nitrogens with two attached hydrogens (primary N) is 1. The van der Waals surface area contributed by atoms with Crippen molar-refractivity contribution in [2.24, 2.45) is 0 Å². The number of nitrogens with zero attached hydrogens (tertiary/aromatic N) is 2. The van der Waals surface area contributed by atoms with Crippen molar-refractivity contribution in [1.29, 1.82) is 0 Å². The van der Waals surface area contributed by atoms with Crippen molar-refractivity contribution in [3.8, 4) is 11.3 Å². The quantitative estimate of drug-likeness (QED) is 0.377. The van der Waals surface area contributed by atoms with E-state index in [4.69, 9.17) is 5.73 Å². The Kier molecular flexibility index (Phi) is 7.57. The molecule has 1 aromatic heterocycles. The summed E-state index contributed by atoms with van der Waals surface area (Å²) in [4.78, 5) is 42.3. The van der Waals surface area contributed by atoms with E-state index >= 15 is 0 Å². The molecule has 3 aromatic rings. The van der Waals surface area contributed by atoms with Gasteiger partial charge in [0.25, 0.3) is 5.91 Å². The van der Waals surface area contributed by atoms with E-state index in [0.29, 0.717) is 46.1 Å². The number of carbonyl (C=O) groups is 2. The van der Waals surface area contributed by atoms with Crippen LogP contribution in [0.1, 0.15) is 35.7 Å². The highest BCUT2D eigenvalue weighted by Gasteiger charge is 2.25. The van der Waals surface area contributed by atoms with E-state index in [9.17, 15) is 14.4 Å². The fourth-order valence-corrected chi connectivity index (χ4v) is 5.28. The van der Waals surface area contributed by atoms with E-state index < -0.39 is 0 Å². The maximum Gasteiger partial charge on any atom is 0.326 e. The molecule has 1 saturated heterocycles. The molecule has 2 aromatic carbocycles. The topological polar surface area (TPSA) is 113 Å². The number of benzene rings is 2. The number of nitrogen functional groups attached to an aromatic ring is 1. The number of imidazole rings is 1. The van der Waals surface area contributed by atoms with Crippen molar-refractivity contribution < 1.29 is 9.59 Å². The summed E-state index contributed by atoms with van der Waals surface area (Å²) in [6.07, 6.45) is 3.49. The van der Waals surface area contributed by atoms with Crippen LogP contribution in [0.25, 0.3) is 11.3 Å². The first-order valence-electron chi connectivity index (χ1n) is 11.0. The van der Waals surface area contributed by atoms with Gasteiger partial charge in [0.2, 0.25) is 5.91 Å². The summed E-state index contributed by atoms with van der Waals surface area (Å²) in [5.74, 6) is -0.279. The number of halogens is 2. The summed E-state index contributed by atoms with van der Waals surface area (Å²) in [5, 5.41) is 2.78. The van der Waals surface area contributed by atoms with Gasteiger partial charge in [0.05, 0.1) is 11.4 Å². The summed E-state index contributed by atoms with van der Waals surface area (Å²) in [6.45, 7) is 1.40. The summed E-state index contributed by atoms with van der Waals surface area (Å²) in [7, 11) is 0. The molecule has 1 aliphatic rings. The highest BCUT2D eigenvalue weighted by Crippen LogP contribution is 2.29. The third-order valence-corrected chi connectivity index (χ3v) is 7.32. The molecule has 4 N–H and O–H groups in total. The number of anilines is 1. The fourth-order valence-electron chi connectivity index (χ4n) is 4.10. The first-order chi connectivity index (χ1) is 16.3. The second-order valence-electron chi connectivity index (χ2n) is 8.22. The Bertz CT molecular complexity index is 1220. The van der Waals surface area contributed by atoms with Crippen LogP contribution in [0.5, 0.6) is 0 Å². The zero-order chi connectivity index (χ0) is 24.2. The zero-order valence-corrected chi connectivity index (χ0v) is 21.6. The Morgan fingerprint density at radius 2 is 1.74 bits per heavy atom. The number of nitrogens with one attached hydrogen (secondary N) is 2. The zero-order valence-electron chi connectivity index (χ0n) is 18.4. The number of hydrogen-bond donors (Lipinski definition) is 3. The van der Waals surface area contributed by atoms with Gasteiger partial charge in [-0.3, -0.25) is 14.2 Å². The molecule has 0 radical (unpaired) electrons. The summed E-state index contributed by atoms with van der Waals surface area (Å²) < 4.78 is 3.00.